The third-order valence-electron chi connectivity index (χ3n) is 15.8. The summed E-state index contributed by atoms with van der Waals surface area (Å²) in [6.45, 7) is 4.78. The van der Waals surface area contributed by atoms with Crippen LogP contribution in [0.25, 0.3) is 33.4 Å². The molecule has 278 valence electrons. The first-order valence-corrected chi connectivity index (χ1v) is 21.5. The lowest BCUT2D eigenvalue weighted by atomic mass is 9.43. The molecule has 7 aliphatic carbocycles. The maximum atomic E-state index is 6.61. The molecule has 4 bridgehead atoms. The van der Waals surface area contributed by atoms with Crippen LogP contribution in [0.2, 0.25) is 0 Å². The summed E-state index contributed by atoms with van der Waals surface area (Å²) < 4.78 is 6.61. The highest BCUT2D eigenvalue weighted by atomic mass is 16.5. The minimum Gasteiger partial charge on any atom is -0.484 e. The monoisotopic (exact) mass is 737 g/mol. The van der Waals surface area contributed by atoms with Crippen LogP contribution in [0.4, 0.5) is 17.1 Å². The van der Waals surface area contributed by atoms with E-state index in [0.717, 1.165) is 40.7 Å². The number of ether oxygens (including phenoxy) is 1. The molecule has 2 unspecified atom stereocenters. The Bertz CT molecular complexity index is 2700. The Morgan fingerprint density at radius 3 is 1.91 bits per heavy atom. The molecule has 1 heterocycles. The van der Waals surface area contributed by atoms with Gasteiger partial charge in [-0.2, -0.15) is 0 Å². The molecule has 0 saturated heterocycles. The third-order valence-corrected chi connectivity index (χ3v) is 15.8. The van der Waals surface area contributed by atoms with Gasteiger partial charge in [-0.15, -0.1) is 0 Å². The summed E-state index contributed by atoms with van der Waals surface area (Å²) in [6.07, 6.45) is 15.9. The van der Waals surface area contributed by atoms with Crippen molar-refractivity contribution in [1.82, 2.24) is 0 Å². The normalized spacial score (nSPS) is 28.0. The smallest absolute Gasteiger partial charge is 0.132 e. The molecule has 2 atom stereocenters. The van der Waals surface area contributed by atoms with Crippen LogP contribution >= 0.6 is 0 Å². The van der Waals surface area contributed by atoms with Crippen molar-refractivity contribution in [3.05, 3.63) is 180 Å². The number of hydrogen-bond donors (Lipinski definition) is 0. The van der Waals surface area contributed by atoms with Gasteiger partial charge in [-0.25, -0.2) is 0 Å². The van der Waals surface area contributed by atoms with Crippen molar-refractivity contribution in [2.45, 2.75) is 68.8 Å². The molecule has 0 amide bonds. The second-order valence-electron chi connectivity index (χ2n) is 18.8. The van der Waals surface area contributed by atoms with E-state index < -0.39 is 0 Å². The number of nitrogens with zero attached hydrogens (tertiary/aromatic N) is 1. The van der Waals surface area contributed by atoms with Crippen LogP contribution < -0.4 is 9.64 Å². The predicted molar refractivity (Wildman–Crippen MR) is 233 cm³/mol. The first-order chi connectivity index (χ1) is 28.0. The molecule has 57 heavy (non-hydrogen) atoms. The number of benzene rings is 6. The maximum Gasteiger partial charge on any atom is 0.132 e. The van der Waals surface area contributed by atoms with Gasteiger partial charge >= 0.3 is 0 Å². The highest BCUT2D eigenvalue weighted by molar-refractivity contribution is 5.90. The second-order valence-corrected chi connectivity index (χ2v) is 18.8. The van der Waals surface area contributed by atoms with Crippen LogP contribution in [-0.4, -0.2) is 6.10 Å². The van der Waals surface area contributed by atoms with Crippen LogP contribution in [0.5, 0.6) is 5.75 Å². The van der Waals surface area contributed by atoms with Gasteiger partial charge in [-0.3, -0.25) is 0 Å². The van der Waals surface area contributed by atoms with Gasteiger partial charge in [0, 0.05) is 44.9 Å². The standard InChI is InChI=1S/C55H47NO/c1-54(2)48-15-6-3-10-42(48)44-24-22-40(32-51(44)54)56(38-20-18-35(19-21-38)41-13-9-14-46-45-12-5-8-17-52(45)57-53(41)46)39-23-25-50-47(31-39)43-11-4-7-16-49(43)55(50)36-27-33-26-34(29-36)30-37(55)28-33/h3-25,31-34,36-37,45,52H,26-30H2,1-2H3. The number of anilines is 3. The van der Waals surface area contributed by atoms with Gasteiger partial charge in [0.2, 0.25) is 0 Å². The Hall–Kier alpha value is -5.60. The fraction of sp³-hybridized carbons (Fsp3) is 0.273. The summed E-state index contributed by atoms with van der Waals surface area (Å²) in [6, 6.07) is 49.1. The molecule has 1 aliphatic heterocycles. The Kier molecular flexibility index (Phi) is 6.56. The van der Waals surface area contributed by atoms with E-state index in [1.165, 1.54) is 88.0 Å². The molecule has 4 fully saturated rings. The predicted octanol–water partition coefficient (Wildman–Crippen LogP) is 13.8. The van der Waals surface area contributed by atoms with Gasteiger partial charge in [0.15, 0.2) is 0 Å². The van der Waals surface area contributed by atoms with E-state index in [4.69, 9.17) is 4.74 Å². The highest BCUT2D eigenvalue weighted by Gasteiger charge is 2.61. The quantitative estimate of drug-likeness (QED) is 0.179. The number of allylic oxidation sites excluding steroid dienone is 2. The molecule has 6 aromatic rings. The van der Waals surface area contributed by atoms with Gasteiger partial charge in [-0.05, 0) is 148 Å². The van der Waals surface area contributed by atoms with Crippen molar-refractivity contribution in [1.29, 1.82) is 0 Å². The molecule has 2 heteroatoms. The average molecular weight is 738 g/mol. The molecule has 14 rings (SSSR count). The molecule has 2 nitrogen and oxygen atoms in total. The summed E-state index contributed by atoms with van der Waals surface area (Å²) >= 11 is 0. The van der Waals surface area contributed by atoms with Crippen molar-refractivity contribution in [2.24, 2.45) is 23.7 Å². The van der Waals surface area contributed by atoms with Gasteiger partial charge < -0.3 is 9.64 Å². The van der Waals surface area contributed by atoms with Crippen molar-refractivity contribution >= 4 is 17.1 Å². The number of para-hydroxylation sites is 1. The van der Waals surface area contributed by atoms with Crippen LogP contribution in [0.15, 0.2) is 152 Å². The van der Waals surface area contributed by atoms with Gasteiger partial charge in [0.25, 0.3) is 0 Å². The van der Waals surface area contributed by atoms with Crippen LogP contribution in [-0.2, 0) is 10.8 Å². The molecular weight excluding hydrogens is 691 g/mol. The maximum absolute atomic E-state index is 6.61. The van der Waals surface area contributed by atoms with E-state index in [1.54, 1.807) is 11.1 Å². The Balaban J connectivity index is 0.963. The van der Waals surface area contributed by atoms with Crippen LogP contribution in [0, 0.1) is 23.7 Å². The summed E-state index contributed by atoms with van der Waals surface area (Å²) in [4.78, 5) is 2.52. The van der Waals surface area contributed by atoms with Crippen molar-refractivity contribution < 1.29 is 4.74 Å². The lowest BCUT2D eigenvalue weighted by molar-refractivity contribution is -0.0399. The lowest BCUT2D eigenvalue weighted by Gasteiger charge is -2.61. The average Bonchev–Trinajstić information content (AvgIpc) is 3.84. The van der Waals surface area contributed by atoms with Crippen LogP contribution in [0.1, 0.15) is 79.7 Å². The Labute approximate surface area is 336 Å². The van der Waals surface area contributed by atoms with Crippen molar-refractivity contribution in [3.63, 3.8) is 0 Å². The fourth-order valence-corrected chi connectivity index (χ4v) is 13.6. The molecule has 0 N–H and O–H groups in total. The second kappa shape index (κ2) is 11.5. The van der Waals surface area contributed by atoms with E-state index in [0.29, 0.717) is 0 Å². The topological polar surface area (TPSA) is 12.5 Å². The minimum atomic E-state index is -0.0879. The molecule has 6 aromatic carbocycles. The molecule has 8 aliphatic rings. The van der Waals surface area contributed by atoms with E-state index in [2.05, 4.69) is 170 Å². The lowest BCUT2D eigenvalue weighted by Crippen LogP contribution is -2.55. The Morgan fingerprint density at radius 1 is 0.509 bits per heavy atom. The van der Waals surface area contributed by atoms with Gasteiger partial charge in [0.05, 0.1) is 0 Å². The van der Waals surface area contributed by atoms with Gasteiger partial charge in [0.1, 0.15) is 11.9 Å². The fourth-order valence-electron chi connectivity index (χ4n) is 13.6. The largest absolute Gasteiger partial charge is 0.484 e. The highest BCUT2D eigenvalue weighted by Crippen LogP contribution is 2.69. The SMILES string of the molecule is CC1(C)c2ccccc2-c2ccc(N(c3ccc(-c4cccc5c4OC4C=CC=CC54)cc3)c3ccc4c(c3)-c3ccccc3C43C4CC5CC(C4)CC3C5)cc21. The molecule has 1 spiro atoms. The third kappa shape index (κ3) is 4.32. The first kappa shape index (κ1) is 32.5. The van der Waals surface area contributed by atoms with E-state index in [-0.39, 0.29) is 22.9 Å². The Morgan fingerprint density at radius 2 is 1.12 bits per heavy atom. The molecule has 0 radical (unpaired) electrons. The number of rotatable bonds is 4. The minimum absolute atomic E-state index is 0.0686. The summed E-state index contributed by atoms with van der Waals surface area (Å²) in [5.41, 5.74) is 18.9. The van der Waals surface area contributed by atoms with Crippen LogP contribution in [0.3, 0.4) is 0 Å². The van der Waals surface area contributed by atoms with E-state index in [1.807, 2.05) is 0 Å². The molecule has 4 saturated carbocycles. The summed E-state index contributed by atoms with van der Waals surface area (Å²) in [7, 11) is 0. The molecular formula is C55H47NO. The van der Waals surface area contributed by atoms with Crippen molar-refractivity contribution in [2.75, 3.05) is 4.90 Å². The van der Waals surface area contributed by atoms with Crippen molar-refractivity contribution in [3.8, 4) is 39.1 Å². The number of fused-ring (bicyclic) bond motifs is 9. The molecule has 0 aromatic heterocycles. The summed E-state index contributed by atoms with van der Waals surface area (Å²) in [5, 5.41) is 0. The zero-order chi connectivity index (χ0) is 37.6. The van der Waals surface area contributed by atoms with E-state index in [9.17, 15) is 0 Å². The van der Waals surface area contributed by atoms with Gasteiger partial charge in [-0.1, -0.05) is 123 Å². The number of hydrogen-bond acceptors (Lipinski definition) is 2. The zero-order valence-corrected chi connectivity index (χ0v) is 32.8. The first-order valence-electron chi connectivity index (χ1n) is 21.5. The zero-order valence-electron chi connectivity index (χ0n) is 32.8. The summed E-state index contributed by atoms with van der Waals surface area (Å²) in [5.74, 6) is 4.67. The van der Waals surface area contributed by atoms with E-state index >= 15 is 0 Å².